The number of pyridine rings is 2. The third kappa shape index (κ3) is 11.0. The van der Waals surface area contributed by atoms with Gasteiger partial charge in [-0.1, -0.05) is 143 Å². The molecule has 0 saturated carbocycles. The summed E-state index contributed by atoms with van der Waals surface area (Å²) in [7, 11) is 0. The smallest absolute Gasteiger partial charge is 0.164 e. The maximum atomic E-state index is 7.23. The monoisotopic (exact) mass is 1060 g/mol. The van der Waals surface area contributed by atoms with E-state index in [0.29, 0.717) is 17.5 Å². The number of hydrogen-bond donors (Lipinski definition) is 0. The molecule has 0 amide bonds. The summed E-state index contributed by atoms with van der Waals surface area (Å²) in [6.45, 7) is 25.0. The predicted molar refractivity (Wildman–Crippen MR) is 274 cm³/mol. The van der Waals surface area contributed by atoms with E-state index in [1.807, 2.05) is 42.5 Å². The van der Waals surface area contributed by atoms with Crippen molar-refractivity contribution in [2.75, 3.05) is 0 Å². The zero-order chi connectivity index (χ0) is 49.7. The number of furan rings is 1. The SMILES string of the molecule is CC(C)(C)c1cc(-c2nc(-c3cc(C(C)(C)C)cc(C(C)(C)C)c3)nc(-c3ccc4c(c3)oc3c(-c5ccccn5)[c-]ccc34)n2)cc(C(C)(C)C)c1.[2H]C([2H])([2H])c1ccc(-c2[c-]cccc2)nc1.[Ir]. The van der Waals surface area contributed by atoms with Crippen LogP contribution in [-0.2, 0) is 41.8 Å². The molecule has 343 valence electrons. The van der Waals surface area contributed by atoms with Crippen molar-refractivity contribution in [2.24, 2.45) is 0 Å². The fourth-order valence-corrected chi connectivity index (χ4v) is 7.70. The van der Waals surface area contributed by atoms with Crippen LogP contribution in [0.25, 0.3) is 78.6 Å². The fourth-order valence-electron chi connectivity index (χ4n) is 7.70. The van der Waals surface area contributed by atoms with Gasteiger partial charge in [-0.25, -0.2) is 15.0 Å². The van der Waals surface area contributed by atoms with Crippen LogP contribution in [0.3, 0.4) is 0 Å². The third-order valence-electron chi connectivity index (χ3n) is 11.8. The maximum Gasteiger partial charge on any atom is 0.164 e. The predicted octanol–water partition coefficient (Wildman–Crippen LogP) is 15.7. The molecule has 0 unspecified atom stereocenters. The first kappa shape index (κ1) is 44.7. The Morgan fingerprint density at radius 3 is 1.54 bits per heavy atom. The van der Waals surface area contributed by atoms with Gasteiger partial charge in [0.05, 0.1) is 5.58 Å². The molecule has 4 heterocycles. The molecule has 4 aromatic heterocycles. The first-order chi connectivity index (χ1) is 32.3. The van der Waals surface area contributed by atoms with Crippen molar-refractivity contribution >= 4 is 21.9 Å². The van der Waals surface area contributed by atoms with Gasteiger partial charge in [0.2, 0.25) is 0 Å². The van der Waals surface area contributed by atoms with Gasteiger partial charge in [-0.05, 0) is 104 Å². The third-order valence-corrected chi connectivity index (χ3v) is 11.8. The summed E-state index contributed by atoms with van der Waals surface area (Å²) in [4.78, 5) is 24.4. The van der Waals surface area contributed by atoms with E-state index in [2.05, 4.69) is 166 Å². The Morgan fingerprint density at radius 2 is 1.06 bits per heavy atom. The van der Waals surface area contributed by atoms with Gasteiger partial charge in [-0.2, -0.15) is 0 Å². The molecule has 7 heteroatoms. The molecular weight excluding hydrogens is 999 g/mol. The van der Waals surface area contributed by atoms with Gasteiger partial charge < -0.3 is 14.4 Å². The number of rotatable bonds is 5. The van der Waals surface area contributed by atoms with Gasteiger partial charge in [0.25, 0.3) is 0 Å². The molecule has 0 bridgehead atoms. The Morgan fingerprint density at radius 1 is 0.493 bits per heavy atom. The van der Waals surface area contributed by atoms with Crippen molar-refractivity contribution < 1.29 is 28.6 Å². The van der Waals surface area contributed by atoms with Crippen LogP contribution in [0.2, 0.25) is 0 Å². The second kappa shape index (κ2) is 18.9. The molecule has 0 aliphatic heterocycles. The van der Waals surface area contributed by atoms with Crippen LogP contribution in [-0.4, -0.2) is 24.9 Å². The summed E-state index contributed by atoms with van der Waals surface area (Å²) >= 11 is 0. The van der Waals surface area contributed by atoms with E-state index >= 15 is 0 Å². The maximum absolute atomic E-state index is 7.23. The first-order valence-electron chi connectivity index (χ1n) is 24.1. The number of hydrogen-bond acceptors (Lipinski definition) is 6. The van der Waals surface area contributed by atoms with Crippen LogP contribution in [0.4, 0.5) is 0 Å². The Hall–Kier alpha value is -6.14. The van der Waals surface area contributed by atoms with Crippen molar-refractivity contribution in [1.29, 1.82) is 0 Å². The average molecular weight is 1060 g/mol. The molecule has 1 radical (unpaired) electrons. The molecule has 9 rings (SSSR count). The minimum atomic E-state index is -2.09. The molecule has 0 saturated heterocycles. The van der Waals surface area contributed by atoms with Gasteiger partial charge in [-0.3, -0.25) is 0 Å². The number of aromatic nitrogens is 5. The Balaban J connectivity index is 0.000000360. The van der Waals surface area contributed by atoms with Crippen molar-refractivity contribution in [1.82, 2.24) is 24.9 Å². The number of aryl methyl sites for hydroxylation is 1. The second-order valence-corrected chi connectivity index (χ2v) is 21.2. The quantitative estimate of drug-likeness (QED) is 0.160. The van der Waals surface area contributed by atoms with E-state index in [1.165, 1.54) is 28.5 Å². The van der Waals surface area contributed by atoms with Crippen molar-refractivity contribution in [3.05, 3.63) is 174 Å². The molecule has 67 heavy (non-hydrogen) atoms. The topological polar surface area (TPSA) is 77.6 Å². The number of fused-ring (bicyclic) bond motifs is 3. The number of benzene rings is 5. The molecule has 0 atom stereocenters. The van der Waals surface area contributed by atoms with Crippen LogP contribution >= 0.6 is 0 Å². The van der Waals surface area contributed by atoms with Crippen LogP contribution in [0.15, 0.2) is 138 Å². The van der Waals surface area contributed by atoms with E-state index < -0.39 is 6.85 Å². The second-order valence-electron chi connectivity index (χ2n) is 21.2. The molecule has 0 aliphatic carbocycles. The summed E-state index contributed by atoms with van der Waals surface area (Å²) < 4.78 is 28.3. The summed E-state index contributed by atoms with van der Waals surface area (Å²) in [6.07, 6.45) is 3.19. The van der Waals surface area contributed by atoms with E-state index in [0.717, 1.165) is 61.1 Å². The largest absolute Gasteiger partial charge is 0.501 e. The number of nitrogens with zero attached hydrogens (tertiary/aromatic N) is 5. The van der Waals surface area contributed by atoms with Gasteiger partial charge in [0, 0.05) is 58.7 Å². The normalized spacial score (nSPS) is 13.0. The zero-order valence-corrected chi connectivity index (χ0v) is 43.1. The summed E-state index contributed by atoms with van der Waals surface area (Å²) in [5, 5.41) is 2.04. The Bertz CT molecular complexity index is 3130. The molecule has 9 aromatic rings. The van der Waals surface area contributed by atoms with Crippen LogP contribution in [0, 0.1) is 19.0 Å². The summed E-state index contributed by atoms with van der Waals surface area (Å²) in [5.74, 6) is 1.90. The Kier molecular flexibility index (Phi) is 12.6. The van der Waals surface area contributed by atoms with Gasteiger partial charge in [0.1, 0.15) is 5.58 Å². The van der Waals surface area contributed by atoms with E-state index in [-0.39, 0.29) is 47.3 Å². The van der Waals surface area contributed by atoms with Crippen molar-refractivity contribution in [3.8, 4) is 56.7 Å². The van der Waals surface area contributed by atoms with E-state index in [9.17, 15) is 0 Å². The molecule has 6 nitrogen and oxygen atoms in total. The summed E-state index contributed by atoms with van der Waals surface area (Å²) in [6, 6.07) is 46.9. The molecule has 0 aliphatic rings. The van der Waals surface area contributed by atoms with Gasteiger partial charge in [-0.15, -0.1) is 54.1 Å². The first-order valence-corrected chi connectivity index (χ1v) is 22.6. The van der Waals surface area contributed by atoms with Gasteiger partial charge in [0.15, 0.2) is 17.5 Å². The minimum absolute atomic E-state index is 0. The molecule has 5 aromatic carbocycles. The molecular formula is C60H61IrN5O-2. The van der Waals surface area contributed by atoms with Crippen LogP contribution in [0.5, 0.6) is 0 Å². The average Bonchev–Trinajstić information content (AvgIpc) is 3.69. The zero-order valence-electron chi connectivity index (χ0n) is 43.7. The molecule has 0 spiro atoms. The van der Waals surface area contributed by atoms with Gasteiger partial charge >= 0.3 is 0 Å². The summed E-state index contributed by atoms with van der Waals surface area (Å²) in [5.41, 5.74) is 12.6. The van der Waals surface area contributed by atoms with E-state index in [1.54, 1.807) is 24.4 Å². The van der Waals surface area contributed by atoms with Crippen LogP contribution < -0.4 is 0 Å². The minimum Gasteiger partial charge on any atom is -0.501 e. The Labute approximate surface area is 415 Å². The van der Waals surface area contributed by atoms with Crippen molar-refractivity contribution in [3.63, 3.8) is 0 Å². The van der Waals surface area contributed by atoms with E-state index in [4.69, 9.17) is 23.5 Å². The molecule has 0 N–H and O–H groups in total. The molecule has 0 fully saturated rings. The van der Waals surface area contributed by atoms with Crippen LogP contribution in [0.1, 0.15) is 115 Å². The van der Waals surface area contributed by atoms with Crippen molar-refractivity contribution in [2.45, 2.75) is 112 Å². The fraction of sp³-hybridized carbons (Fsp3) is 0.283. The standard InChI is InChI=1S/C48H51N4O.C12H10N.Ir/c1-45(2,3)32-22-30(23-33(27-32)46(4,5)6)43-50-42(51-44(52-43)31-24-34(47(7,8)9)28-35(25-31)48(10,11)12)29-19-20-36-37-16-15-17-38(39-18-13-14-21-49-39)41(37)53-40(36)26-29;1-10-7-8-12(13-9-10)11-5-3-2-4-6-11;/h13-16,18-28H,1-12H3;2-5,7-9H,1H3;/q2*-1;/i;1D3;.